The standard InChI is InChI=1S/C23H29N5O4S2.C2HF3O2/c24-19-7-9-33-34-14-20(23(32)26-13-16-2-1-8-25-12-16)28-21(30)11-17(27-22(19)31)10-15-3-5-18(29)6-4-15;3-2(4,5)1(6)7/h1-6,8,12,17,19-20,29H,7,9-11,13-14,24H2,(H,26,32)(H,27,31)(H,28,30);(H,6,7)/t17-,19-,20-;/m0./s1. The molecule has 2 aromatic rings. The Morgan fingerprint density at radius 2 is 1.78 bits per heavy atom. The fourth-order valence-corrected chi connectivity index (χ4v) is 5.63. The summed E-state index contributed by atoms with van der Waals surface area (Å²) in [4.78, 5) is 51.2. The third-order valence-electron chi connectivity index (χ3n) is 5.45. The molecule has 3 amide bonds. The van der Waals surface area contributed by atoms with Crippen molar-refractivity contribution in [3.63, 3.8) is 0 Å². The number of aromatic nitrogens is 1. The molecule has 1 fully saturated rings. The molecule has 2 heterocycles. The number of rotatable bonds is 5. The lowest BCUT2D eigenvalue weighted by atomic mass is 10.0. The van der Waals surface area contributed by atoms with Gasteiger partial charge in [0.2, 0.25) is 17.7 Å². The summed E-state index contributed by atoms with van der Waals surface area (Å²) in [7, 11) is 2.97. The number of alkyl halides is 3. The molecule has 3 rings (SSSR count). The highest BCUT2D eigenvalue weighted by Gasteiger charge is 2.38. The van der Waals surface area contributed by atoms with Crippen molar-refractivity contribution in [3.8, 4) is 5.75 Å². The average molecular weight is 618 g/mol. The van der Waals surface area contributed by atoms with Crippen molar-refractivity contribution in [3.05, 3.63) is 59.9 Å². The van der Waals surface area contributed by atoms with Gasteiger partial charge in [-0.1, -0.05) is 39.8 Å². The summed E-state index contributed by atoms with van der Waals surface area (Å²) >= 11 is 0. The molecule has 3 atom stereocenters. The minimum absolute atomic E-state index is 0.0104. The van der Waals surface area contributed by atoms with Crippen molar-refractivity contribution >= 4 is 45.3 Å². The third-order valence-corrected chi connectivity index (χ3v) is 7.89. The largest absolute Gasteiger partial charge is 0.508 e. The maximum absolute atomic E-state index is 12.9. The van der Waals surface area contributed by atoms with Gasteiger partial charge in [0.15, 0.2) is 0 Å². The van der Waals surface area contributed by atoms with Gasteiger partial charge in [-0.2, -0.15) is 13.2 Å². The Balaban J connectivity index is 0.000000745. The molecule has 0 bridgehead atoms. The number of carboxylic acid groups (broad SMARTS) is 1. The van der Waals surface area contributed by atoms with Gasteiger partial charge < -0.3 is 31.9 Å². The number of carbonyl (C=O) groups excluding carboxylic acids is 3. The van der Waals surface area contributed by atoms with Gasteiger partial charge in [-0.3, -0.25) is 19.4 Å². The Labute approximate surface area is 241 Å². The van der Waals surface area contributed by atoms with Crippen LogP contribution in [0.4, 0.5) is 13.2 Å². The van der Waals surface area contributed by atoms with Gasteiger partial charge in [-0.15, -0.1) is 0 Å². The zero-order valence-corrected chi connectivity index (χ0v) is 23.2. The molecule has 16 heteroatoms. The van der Waals surface area contributed by atoms with E-state index in [1.54, 1.807) is 42.7 Å². The van der Waals surface area contributed by atoms with Gasteiger partial charge in [0.1, 0.15) is 11.8 Å². The second kappa shape index (κ2) is 16.7. The van der Waals surface area contributed by atoms with Crippen LogP contribution in [0.3, 0.4) is 0 Å². The number of aromatic hydroxyl groups is 1. The summed E-state index contributed by atoms with van der Waals surface area (Å²) in [5.41, 5.74) is 7.75. The second-order valence-corrected chi connectivity index (χ2v) is 11.4. The number of nitrogens with one attached hydrogen (secondary N) is 3. The first-order chi connectivity index (χ1) is 19.3. The van der Waals surface area contributed by atoms with E-state index in [4.69, 9.17) is 15.6 Å². The number of aliphatic carboxylic acids is 1. The number of phenols is 1. The van der Waals surface area contributed by atoms with Crippen molar-refractivity contribution in [2.45, 2.75) is 50.1 Å². The summed E-state index contributed by atoms with van der Waals surface area (Å²) < 4.78 is 31.7. The van der Waals surface area contributed by atoms with Gasteiger partial charge in [-0.25, -0.2) is 4.79 Å². The van der Waals surface area contributed by atoms with Crippen LogP contribution in [0.15, 0.2) is 48.8 Å². The van der Waals surface area contributed by atoms with E-state index in [-0.39, 0.29) is 29.9 Å². The SMILES string of the molecule is N[C@H]1CCSSC[C@@H](C(=O)NCc2cccnc2)NC(=O)C[C@H](Cc2ccc(O)cc2)NC1=O.O=C(O)C(F)(F)F. The first-order valence-electron chi connectivity index (χ1n) is 12.2. The number of halogens is 3. The molecule has 0 unspecified atom stereocenters. The molecular formula is C25H30F3N5O6S2. The predicted octanol–water partition coefficient (Wildman–Crippen LogP) is 1.75. The normalized spacial score (nSPS) is 20.4. The summed E-state index contributed by atoms with van der Waals surface area (Å²) in [5.74, 6) is -2.54. The number of carbonyl (C=O) groups is 4. The number of carboxylic acids is 1. The maximum atomic E-state index is 12.9. The Bertz CT molecular complexity index is 1160. The van der Waals surface area contributed by atoms with E-state index in [0.29, 0.717) is 30.9 Å². The topological polar surface area (TPSA) is 184 Å². The summed E-state index contributed by atoms with van der Waals surface area (Å²) in [6.45, 7) is 0.311. The molecule has 1 aliphatic heterocycles. The number of nitrogens with two attached hydrogens (primary N) is 1. The number of nitrogens with zero attached hydrogens (tertiary/aromatic N) is 1. The minimum Gasteiger partial charge on any atom is -0.508 e. The molecule has 11 nitrogen and oxygen atoms in total. The van der Waals surface area contributed by atoms with Crippen molar-refractivity contribution in [1.29, 1.82) is 0 Å². The van der Waals surface area contributed by atoms with Crippen molar-refractivity contribution in [2.75, 3.05) is 11.5 Å². The Kier molecular flexibility index (Phi) is 13.7. The number of hydrogen-bond donors (Lipinski definition) is 6. The highest BCUT2D eigenvalue weighted by Crippen LogP contribution is 2.24. The van der Waals surface area contributed by atoms with Crippen LogP contribution in [-0.2, 0) is 32.1 Å². The fraction of sp³-hybridized carbons (Fsp3) is 0.400. The van der Waals surface area contributed by atoms with Crippen LogP contribution in [0, 0.1) is 0 Å². The van der Waals surface area contributed by atoms with Crippen LogP contribution in [0.1, 0.15) is 24.0 Å². The molecular weight excluding hydrogens is 587 g/mol. The summed E-state index contributed by atoms with van der Waals surface area (Å²) in [6, 6.07) is 8.33. The number of benzene rings is 1. The van der Waals surface area contributed by atoms with Crippen LogP contribution in [0.25, 0.3) is 0 Å². The first-order valence-corrected chi connectivity index (χ1v) is 14.7. The van der Waals surface area contributed by atoms with Gasteiger partial charge >= 0.3 is 12.1 Å². The minimum atomic E-state index is -5.08. The van der Waals surface area contributed by atoms with Crippen LogP contribution in [0.5, 0.6) is 5.75 Å². The van der Waals surface area contributed by atoms with Crippen LogP contribution < -0.4 is 21.7 Å². The van der Waals surface area contributed by atoms with E-state index in [1.165, 1.54) is 21.6 Å². The van der Waals surface area contributed by atoms with Gasteiger partial charge in [0.25, 0.3) is 0 Å². The summed E-state index contributed by atoms with van der Waals surface area (Å²) in [6.07, 6.45) is -0.895. The molecule has 1 aromatic heterocycles. The molecule has 41 heavy (non-hydrogen) atoms. The van der Waals surface area contributed by atoms with E-state index >= 15 is 0 Å². The van der Waals surface area contributed by atoms with Crippen molar-refractivity contribution < 1.29 is 42.6 Å². The van der Waals surface area contributed by atoms with Crippen molar-refractivity contribution in [1.82, 2.24) is 20.9 Å². The summed E-state index contributed by atoms with van der Waals surface area (Å²) in [5, 5.41) is 25.2. The van der Waals surface area contributed by atoms with Crippen LogP contribution in [-0.4, -0.2) is 74.7 Å². The maximum Gasteiger partial charge on any atom is 0.490 e. The van der Waals surface area contributed by atoms with Gasteiger partial charge in [-0.05, 0) is 42.2 Å². The predicted molar refractivity (Wildman–Crippen MR) is 148 cm³/mol. The number of amides is 3. The van der Waals surface area contributed by atoms with Crippen LogP contribution >= 0.6 is 21.6 Å². The number of phenolic OH excluding ortho intramolecular Hbond substituents is 1. The molecule has 0 radical (unpaired) electrons. The molecule has 0 spiro atoms. The van der Waals surface area contributed by atoms with E-state index in [1.807, 2.05) is 6.07 Å². The Hall–Kier alpha value is -3.50. The lowest BCUT2D eigenvalue weighted by Crippen LogP contribution is -2.51. The number of hydrogen-bond acceptors (Lipinski definition) is 9. The zero-order valence-electron chi connectivity index (χ0n) is 21.6. The molecule has 224 valence electrons. The monoisotopic (exact) mass is 617 g/mol. The molecule has 1 aromatic carbocycles. The van der Waals surface area contributed by atoms with Crippen LogP contribution in [0.2, 0.25) is 0 Å². The quantitative estimate of drug-likeness (QED) is 0.270. The highest BCUT2D eigenvalue weighted by atomic mass is 33.1. The highest BCUT2D eigenvalue weighted by molar-refractivity contribution is 8.76. The lowest BCUT2D eigenvalue weighted by molar-refractivity contribution is -0.192. The van der Waals surface area contributed by atoms with Gasteiger partial charge in [0, 0.05) is 42.9 Å². The first kappa shape index (κ1) is 33.7. The second-order valence-electron chi connectivity index (χ2n) is 8.78. The molecule has 7 N–H and O–H groups in total. The van der Waals surface area contributed by atoms with E-state index in [0.717, 1.165) is 11.1 Å². The van der Waals surface area contributed by atoms with Crippen molar-refractivity contribution in [2.24, 2.45) is 5.73 Å². The zero-order chi connectivity index (χ0) is 30.4. The smallest absolute Gasteiger partial charge is 0.490 e. The van der Waals surface area contributed by atoms with Gasteiger partial charge in [0.05, 0.1) is 6.04 Å². The van der Waals surface area contributed by atoms with E-state index < -0.39 is 30.3 Å². The molecule has 0 saturated carbocycles. The lowest BCUT2D eigenvalue weighted by Gasteiger charge is -2.22. The molecule has 1 aliphatic rings. The number of pyridine rings is 1. The average Bonchev–Trinajstić information content (AvgIpc) is 2.92. The third kappa shape index (κ3) is 13.1. The molecule has 0 aliphatic carbocycles. The molecule has 1 saturated heterocycles. The Morgan fingerprint density at radius 3 is 2.39 bits per heavy atom. The fourth-order valence-electron chi connectivity index (χ4n) is 3.36. The van der Waals surface area contributed by atoms with E-state index in [2.05, 4.69) is 20.9 Å². The van der Waals surface area contributed by atoms with E-state index in [9.17, 15) is 32.7 Å². The Morgan fingerprint density at radius 1 is 1.10 bits per heavy atom.